The maximum Gasteiger partial charge on any atom is 0.256 e. The number of carbonyl (C=O) groups is 1. The predicted octanol–water partition coefficient (Wildman–Crippen LogP) is 2.70. The number of aliphatic hydroxyl groups is 2. The number of likely N-dealkylation sites (tertiary alicyclic amines) is 1. The Kier molecular flexibility index (Phi) is 7.19. The molecule has 0 radical (unpaired) electrons. The first-order valence-corrected chi connectivity index (χ1v) is 10.1. The molecule has 1 amide bonds. The lowest BCUT2D eigenvalue weighted by atomic mass is 9.92. The normalized spacial score (nSPS) is 15.0. The molecule has 2 aromatic rings. The average Bonchev–Trinajstić information content (AvgIpc) is 2.70. The van der Waals surface area contributed by atoms with Gasteiger partial charge in [0.15, 0.2) is 11.6 Å². The largest absolute Gasteiger partial charge is 0.396 e. The van der Waals surface area contributed by atoms with Crippen molar-refractivity contribution in [2.24, 2.45) is 0 Å². The van der Waals surface area contributed by atoms with Gasteiger partial charge in [0.05, 0.1) is 30.0 Å². The van der Waals surface area contributed by atoms with E-state index in [1.54, 1.807) is 13.0 Å². The zero-order valence-electron chi connectivity index (χ0n) is 17.2. The van der Waals surface area contributed by atoms with Gasteiger partial charge in [-0.2, -0.15) is 0 Å². The summed E-state index contributed by atoms with van der Waals surface area (Å²) in [6, 6.07) is 6.21. The van der Waals surface area contributed by atoms with E-state index in [1.807, 2.05) is 0 Å². The van der Waals surface area contributed by atoms with Gasteiger partial charge in [-0.15, -0.1) is 0 Å². The molecule has 4 N–H and O–H groups in total. The van der Waals surface area contributed by atoms with Crippen LogP contribution in [0.25, 0.3) is 0 Å². The summed E-state index contributed by atoms with van der Waals surface area (Å²) in [5.74, 6) is -3.71. The molecule has 9 heteroatoms. The van der Waals surface area contributed by atoms with Gasteiger partial charge in [0.1, 0.15) is 11.4 Å². The quantitative estimate of drug-likeness (QED) is 0.454. The molecule has 0 aromatic heterocycles. The maximum absolute atomic E-state index is 14.5. The van der Waals surface area contributed by atoms with E-state index in [-0.39, 0.29) is 37.5 Å². The Bertz CT molecular complexity index is 949. The van der Waals surface area contributed by atoms with Crippen LogP contribution in [0, 0.1) is 24.4 Å². The van der Waals surface area contributed by atoms with Crippen molar-refractivity contribution in [3.63, 3.8) is 0 Å². The lowest BCUT2D eigenvalue weighted by molar-refractivity contribution is -0.0784. The van der Waals surface area contributed by atoms with Crippen LogP contribution >= 0.6 is 0 Å². The van der Waals surface area contributed by atoms with Crippen molar-refractivity contribution in [2.75, 3.05) is 38.1 Å². The Labute approximate surface area is 178 Å². The van der Waals surface area contributed by atoms with Crippen molar-refractivity contribution < 1.29 is 28.2 Å². The number of nitrogens with zero attached hydrogens (tertiary/aromatic N) is 1. The van der Waals surface area contributed by atoms with Crippen LogP contribution in [0.4, 0.5) is 24.5 Å². The summed E-state index contributed by atoms with van der Waals surface area (Å²) >= 11 is 0. The highest BCUT2D eigenvalue weighted by molar-refractivity contribution is 6.01. The summed E-state index contributed by atoms with van der Waals surface area (Å²) in [6.07, 6.45) is 1.41. The number of anilines is 2. The fourth-order valence-corrected chi connectivity index (χ4v) is 3.48. The molecule has 6 nitrogen and oxygen atoms in total. The second-order valence-electron chi connectivity index (χ2n) is 7.89. The van der Waals surface area contributed by atoms with Crippen molar-refractivity contribution in [2.45, 2.75) is 25.4 Å². The Morgan fingerprint density at radius 3 is 2.55 bits per heavy atom. The highest BCUT2D eigenvalue weighted by atomic mass is 19.2. The van der Waals surface area contributed by atoms with E-state index in [9.17, 15) is 23.1 Å². The molecule has 2 aromatic carbocycles. The van der Waals surface area contributed by atoms with E-state index >= 15 is 0 Å². The van der Waals surface area contributed by atoms with Gasteiger partial charge < -0.3 is 25.7 Å². The molecule has 0 bridgehead atoms. The third-order valence-electron chi connectivity index (χ3n) is 5.18. The standard InChI is InChI=1S/C22H26F3N3O3/c1-14-4-7-18(17(24)10-14)27-20-15(5-6-16(23)19(20)25)21(30)28-12-22(31,13-28)11-26-8-2-3-9-29/h4-7,10,26-27,29,31H,2-3,8-9,11-13H2,1H3. The summed E-state index contributed by atoms with van der Waals surface area (Å²) in [4.78, 5) is 14.2. The third-order valence-corrected chi connectivity index (χ3v) is 5.18. The molecular formula is C22H26F3N3O3. The zero-order valence-corrected chi connectivity index (χ0v) is 17.2. The zero-order chi connectivity index (χ0) is 22.6. The van der Waals surface area contributed by atoms with E-state index < -0.39 is 34.6 Å². The molecule has 0 aliphatic carbocycles. The molecule has 1 aliphatic rings. The fraction of sp³-hybridized carbons (Fsp3) is 0.409. The highest BCUT2D eigenvalue weighted by Gasteiger charge is 2.44. The molecule has 1 fully saturated rings. The van der Waals surface area contributed by atoms with Gasteiger partial charge >= 0.3 is 0 Å². The van der Waals surface area contributed by atoms with Crippen molar-refractivity contribution in [3.8, 4) is 0 Å². The van der Waals surface area contributed by atoms with E-state index in [4.69, 9.17) is 5.11 Å². The number of hydrogen-bond donors (Lipinski definition) is 4. The lowest BCUT2D eigenvalue weighted by Gasteiger charge is -2.46. The first-order chi connectivity index (χ1) is 14.7. The van der Waals surface area contributed by atoms with Gasteiger partial charge in [0.2, 0.25) is 0 Å². The molecule has 31 heavy (non-hydrogen) atoms. The van der Waals surface area contributed by atoms with E-state index in [1.165, 1.54) is 17.0 Å². The minimum atomic E-state index is -1.29. The lowest BCUT2D eigenvalue weighted by Crippen LogP contribution is -2.67. The Morgan fingerprint density at radius 1 is 1.13 bits per heavy atom. The van der Waals surface area contributed by atoms with Gasteiger partial charge in [-0.25, -0.2) is 13.2 Å². The number of rotatable bonds is 9. The minimum absolute atomic E-state index is 0.0240. The number of halogens is 3. The van der Waals surface area contributed by atoms with Crippen LogP contribution in [-0.2, 0) is 0 Å². The number of benzene rings is 2. The molecule has 1 heterocycles. The van der Waals surface area contributed by atoms with Crippen LogP contribution in [0.3, 0.4) is 0 Å². The smallest absolute Gasteiger partial charge is 0.256 e. The second-order valence-corrected chi connectivity index (χ2v) is 7.89. The van der Waals surface area contributed by atoms with E-state index in [0.29, 0.717) is 18.5 Å². The molecule has 0 atom stereocenters. The minimum Gasteiger partial charge on any atom is -0.396 e. The molecule has 0 unspecified atom stereocenters. The van der Waals surface area contributed by atoms with E-state index in [0.717, 1.165) is 18.6 Å². The molecular weight excluding hydrogens is 411 g/mol. The molecule has 168 valence electrons. The Hall–Kier alpha value is -2.62. The summed E-state index contributed by atoms with van der Waals surface area (Å²) < 4.78 is 42.6. The average molecular weight is 437 g/mol. The Morgan fingerprint density at radius 2 is 1.87 bits per heavy atom. The molecule has 1 saturated heterocycles. The number of β-amino-alcohol motifs (C(OH)–C–C–N with tert-alkyl or cyclic N) is 1. The number of aliphatic hydroxyl groups excluding tert-OH is 1. The summed E-state index contributed by atoms with van der Waals surface area (Å²) in [7, 11) is 0. The van der Waals surface area contributed by atoms with Gasteiger partial charge in [0.25, 0.3) is 5.91 Å². The van der Waals surface area contributed by atoms with Gasteiger partial charge in [-0.05, 0) is 56.1 Å². The topological polar surface area (TPSA) is 84.8 Å². The van der Waals surface area contributed by atoms with Crippen LogP contribution in [0.1, 0.15) is 28.8 Å². The number of carbonyl (C=O) groups excluding carboxylic acids is 1. The number of amides is 1. The number of nitrogens with one attached hydrogen (secondary N) is 2. The number of hydrogen-bond acceptors (Lipinski definition) is 5. The van der Waals surface area contributed by atoms with Crippen LogP contribution in [-0.4, -0.2) is 59.4 Å². The summed E-state index contributed by atoms with van der Waals surface area (Å²) in [5.41, 5.74) is -1.16. The van der Waals surface area contributed by atoms with Crippen LogP contribution in [0.15, 0.2) is 30.3 Å². The Balaban J connectivity index is 1.71. The molecule has 1 aliphatic heterocycles. The monoisotopic (exact) mass is 437 g/mol. The van der Waals surface area contributed by atoms with Gasteiger partial charge in [0, 0.05) is 13.2 Å². The first kappa shape index (κ1) is 23.1. The molecule has 0 saturated carbocycles. The van der Waals surface area contributed by atoms with E-state index in [2.05, 4.69) is 10.6 Å². The van der Waals surface area contributed by atoms with Crippen LogP contribution in [0.2, 0.25) is 0 Å². The third kappa shape index (κ3) is 5.36. The molecule has 3 rings (SSSR count). The second kappa shape index (κ2) is 9.67. The fourth-order valence-electron chi connectivity index (χ4n) is 3.48. The first-order valence-electron chi connectivity index (χ1n) is 10.1. The maximum atomic E-state index is 14.5. The van der Waals surface area contributed by atoms with Crippen LogP contribution in [0.5, 0.6) is 0 Å². The van der Waals surface area contributed by atoms with Crippen molar-refractivity contribution in [1.29, 1.82) is 0 Å². The number of aryl methyl sites for hydroxylation is 1. The molecule has 0 spiro atoms. The SMILES string of the molecule is Cc1ccc(Nc2c(C(=O)N3CC(O)(CNCCCCO)C3)ccc(F)c2F)c(F)c1. The number of unbranched alkanes of at least 4 members (excludes halogenated alkanes) is 1. The van der Waals surface area contributed by atoms with Crippen molar-refractivity contribution in [3.05, 3.63) is 58.9 Å². The van der Waals surface area contributed by atoms with Gasteiger partial charge in [-0.1, -0.05) is 6.07 Å². The predicted molar refractivity (Wildman–Crippen MR) is 111 cm³/mol. The highest BCUT2D eigenvalue weighted by Crippen LogP contribution is 2.31. The van der Waals surface area contributed by atoms with Crippen molar-refractivity contribution >= 4 is 17.3 Å². The van der Waals surface area contributed by atoms with Crippen LogP contribution < -0.4 is 10.6 Å². The van der Waals surface area contributed by atoms with Crippen molar-refractivity contribution in [1.82, 2.24) is 10.2 Å². The summed E-state index contributed by atoms with van der Waals surface area (Å²) in [6.45, 7) is 2.73. The van der Waals surface area contributed by atoms with Gasteiger partial charge in [-0.3, -0.25) is 4.79 Å². The summed E-state index contributed by atoms with van der Waals surface area (Å²) in [5, 5.41) is 24.8.